The molecule has 0 aromatic heterocycles. The van der Waals surface area contributed by atoms with Gasteiger partial charge in [0, 0.05) is 31.0 Å². The second-order valence-corrected chi connectivity index (χ2v) is 4.98. The van der Waals surface area contributed by atoms with E-state index in [9.17, 15) is 9.59 Å². The summed E-state index contributed by atoms with van der Waals surface area (Å²) >= 11 is 0. The van der Waals surface area contributed by atoms with E-state index in [1.54, 1.807) is 62.7 Å². The van der Waals surface area contributed by atoms with Gasteiger partial charge in [0.25, 0.3) is 11.8 Å². The zero-order valence-corrected chi connectivity index (χ0v) is 13.7. The van der Waals surface area contributed by atoms with Crippen molar-refractivity contribution in [2.75, 3.05) is 32.7 Å². The molecule has 24 heavy (non-hydrogen) atoms. The molecule has 0 unspecified atom stereocenters. The fourth-order valence-corrected chi connectivity index (χ4v) is 2.03. The normalized spacial score (nSPS) is 10.1. The molecule has 2 aromatic carbocycles. The van der Waals surface area contributed by atoms with Crippen LogP contribution in [0.5, 0.6) is 5.75 Å². The molecule has 0 spiro atoms. The van der Waals surface area contributed by atoms with Gasteiger partial charge in [0.2, 0.25) is 0 Å². The number of carbonyl (C=O) groups excluding carboxylic acids is 2. The maximum atomic E-state index is 12.3. The van der Waals surface area contributed by atoms with Gasteiger partial charge in [-0.05, 0) is 42.5 Å². The molecule has 6 heteroatoms. The first kappa shape index (κ1) is 17.5. The van der Waals surface area contributed by atoms with E-state index < -0.39 is 0 Å². The molecule has 0 fully saturated rings. The molecule has 0 bridgehead atoms. The van der Waals surface area contributed by atoms with Crippen LogP contribution in [0, 0.1) is 0 Å². The number of carbonyl (C=O) groups is 2. The minimum atomic E-state index is -0.257. The largest absolute Gasteiger partial charge is 0.491 e. The van der Waals surface area contributed by atoms with Crippen LogP contribution in [-0.4, -0.2) is 39.2 Å². The molecule has 0 saturated carbocycles. The predicted octanol–water partition coefficient (Wildman–Crippen LogP) is 2.32. The van der Waals surface area contributed by atoms with Gasteiger partial charge in [-0.2, -0.15) is 0 Å². The first-order valence-electron chi connectivity index (χ1n) is 7.49. The Morgan fingerprint density at radius 2 is 1.71 bits per heavy atom. The SMILES string of the molecule is CNC(=O)c1cccc(NC(=O)c2ccc(OCCOC)cc2)c1. The Hall–Kier alpha value is -2.86. The molecular weight excluding hydrogens is 308 g/mol. The number of hydrogen-bond acceptors (Lipinski definition) is 4. The summed E-state index contributed by atoms with van der Waals surface area (Å²) in [4.78, 5) is 23.9. The number of rotatable bonds is 7. The lowest BCUT2D eigenvalue weighted by atomic mass is 10.1. The maximum absolute atomic E-state index is 12.3. The summed E-state index contributed by atoms with van der Waals surface area (Å²) in [5.74, 6) is 0.210. The van der Waals surface area contributed by atoms with Crippen LogP contribution in [-0.2, 0) is 4.74 Å². The Morgan fingerprint density at radius 3 is 2.38 bits per heavy atom. The summed E-state index contributed by atoms with van der Waals surface area (Å²) in [6, 6.07) is 13.6. The molecule has 0 aliphatic rings. The average molecular weight is 328 g/mol. The fraction of sp³-hybridized carbons (Fsp3) is 0.222. The number of ether oxygens (including phenoxy) is 2. The van der Waals surface area contributed by atoms with Crippen molar-refractivity contribution in [3.8, 4) is 5.75 Å². The minimum Gasteiger partial charge on any atom is -0.491 e. The van der Waals surface area contributed by atoms with Crippen LogP contribution >= 0.6 is 0 Å². The Morgan fingerprint density at radius 1 is 0.958 bits per heavy atom. The van der Waals surface area contributed by atoms with Crippen molar-refractivity contribution in [2.24, 2.45) is 0 Å². The van der Waals surface area contributed by atoms with Crippen molar-refractivity contribution in [3.05, 3.63) is 59.7 Å². The van der Waals surface area contributed by atoms with E-state index in [0.29, 0.717) is 35.8 Å². The van der Waals surface area contributed by atoms with Gasteiger partial charge in [-0.3, -0.25) is 9.59 Å². The maximum Gasteiger partial charge on any atom is 0.255 e. The van der Waals surface area contributed by atoms with Crippen LogP contribution in [0.2, 0.25) is 0 Å². The van der Waals surface area contributed by atoms with Crippen molar-refractivity contribution in [3.63, 3.8) is 0 Å². The molecule has 0 heterocycles. The van der Waals surface area contributed by atoms with Crippen molar-refractivity contribution < 1.29 is 19.1 Å². The summed E-state index contributed by atoms with van der Waals surface area (Å²) in [6.07, 6.45) is 0. The number of nitrogens with one attached hydrogen (secondary N) is 2. The molecule has 6 nitrogen and oxygen atoms in total. The van der Waals surface area contributed by atoms with Crippen LogP contribution < -0.4 is 15.4 Å². The van der Waals surface area contributed by atoms with Gasteiger partial charge in [0.1, 0.15) is 12.4 Å². The highest BCUT2D eigenvalue weighted by molar-refractivity contribution is 6.05. The lowest BCUT2D eigenvalue weighted by molar-refractivity contribution is 0.0961. The number of amides is 2. The number of anilines is 1. The van der Waals surface area contributed by atoms with Crippen LogP contribution in [0.3, 0.4) is 0 Å². The topological polar surface area (TPSA) is 76.7 Å². The molecule has 0 radical (unpaired) electrons. The average Bonchev–Trinajstić information content (AvgIpc) is 2.62. The Labute approximate surface area is 140 Å². The molecule has 126 valence electrons. The molecule has 0 aliphatic heterocycles. The number of benzene rings is 2. The smallest absolute Gasteiger partial charge is 0.255 e. The number of hydrogen-bond donors (Lipinski definition) is 2. The summed E-state index contributed by atoms with van der Waals surface area (Å²) in [5, 5.41) is 5.32. The monoisotopic (exact) mass is 328 g/mol. The van der Waals surface area contributed by atoms with E-state index in [1.165, 1.54) is 0 Å². The standard InChI is InChI=1S/C18H20N2O4/c1-19-17(21)14-4-3-5-15(12-14)20-18(22)13-6-8-16(9-7-13)24-11-10-23-2/h3-9,12H,10-11H2,1-2H3,(H,19,21)(H,20,22). The van der Waals surface area contributed by atoms with Gasteiger partial charge in [0.05, 0.1) is 6.61 Å². The Balaban J connectivity index is 2.00. The summed E-state index contributed by atoms with van der Waals surface area (Å²) in [7, 11) is 3.17. The minimum absolute atomic E-state index is 0.205. The van der Waals surface area contributed by atoms with Crippen molar-refractivity contribution in [2.45, 2.75) is 0 Å². The van der Waals surface area contributed by atoms with Gasteiger partial charge in [-0.25, -0.2) is 0 Å². The van der Waals surface area contributed by atoms with E-state index in [-0.39, 0.29) is 11.8 Å². The van der Waals surface area contributed by atoms with Crippen LogP contribution in [0.15, 0.2) is 48.5 Å². The van der Waals surface area contributed by atoms with E-state index >= 15 is 0 Å². The third-order valence-corrected chi connectivity index (χ3v) is 3.28. The van der Waals surface area contributed by atoms with Crippen LogP contribution in [0.1, 0.15) is 20.7 Å². The van der Waals surface area contributed by atoms with Gasteiger partial charge < -0.3 is 20.1 Å². The molecule has 2 rings (SSSR count). The van der Waals surface area contributed by atoms with Gasteiger partial charge in [-0.15, -0.1) is 0 Å². The molecule has 2 aromatic rings. The quantitative estimate of drug-likeness (QED) is 0.765. The van der Waals surface area contributed by atoms with Crippen molar-refractivity contribution in [1.82, 2.24) is 5.32 Å². The van der Waals surface area contributed by atoms with Crippen molar-refractivity contribution >= 4 is 17.5 Å². The molecule has 0 atom stereocenters. The summed E-state index contributed by atoms with van der Waals surface area (Å²) < 4.78 is 10.4. The highest BCUT2D eigenvalue weighted by atomic mass is 16.5. The summed E-state index contributed by atoms with van der Waals surface area (Å²) in [5.41, 5.74) is 1.54. The fourth-order valence-electron chi connectivity index (χ4n) is 2.03. The highest BCUT2D eigenvalue weighted by Crippen LogP contribution is 2.15. The second-order valence-electron chi connectivity index (χ2n) is 4.98. The van der Waals surface area contributed by atoms with Gasteiger partial charge in [0.15, 0.2) is 0 Å². The summed E-state index contributed by atoms with van der Waals surface area (Å²) in [6.45, 7) is 0.957. The predicted molar refractivity (Wildman–Crippen MR) is 91.6 cm³/mol. The van der Waals surface area contributed by atoms with E-state index in [0.717, 1.165) is 0 Å². The molecular formula is C18H20N2O4. The second kappa shape index (κ2) is 8.69. The van der Waals surface area contributed by atoms with E-state index in [4.69, 9.17) is 9.47 Å². The molecule has 0 saturated heterocycles. The third-order valence-electron chi connectivity index (χ3n) is 3.28. The van der Waals surface area contributed by atoms with E-state index in [2.05, 4.69) is 10.6 Å². The van der Waals surface area contributed by atoms with Crippen molar-refractivity contribution in [1.29, 1.82) is 0 Å². The van der Waals surface area contributed by atoms with E-state index in [1.807, 2.05) is 0 Å². The molecule has 2 amide bonds. The zero-order valence-electron chi connectivity index (χ0n) is 13.7. The first-order valence-corrected chi connectivity index (χ1v) is 7.49. The number of methoxy groups -OCH3 is 1. The lowest BCUT2D eigenvalue weighted by Crippen LogP contribution is -2.18. The van der Waals surface area contributed by atoms with Gasteiger partial charge >= 0.3 is 0 Å². The molecule has 2 N–H and O–H groups in total. The zero-order chi connectivity index (χ0) is 17.4. The first-order chi connectivity index (χ1) is 11.6. The Kier molecular flexibility index (Phi) is 6.33. The lowest BCUT2D eigenvalue weighted by Gasteiger charge is -2.08. The third kappa shape index (κ3) is 4.82. The molecule has 0 aliphatic carbocycles. The van der Waals surface area contributed by atoms with Crippen LogP contribution in [0.4, 0.5) is 5.69 Å². The van der Waals surface area contributed by atoms with Crippen LogP contribution in [0.25, 0.3) is 0 Å². The van der Waals surface area contributed by atoms with Gasteiger partial charge in [-0.1, -0.05) is 6.07 Å². The highest BCUT2D eigenvalue weighted by Gasteiger charge is 2.08. The Bertz CT molecular complexity index is 698.